The molecule has 30 heavy (non-hydrogen) atoms. The average molecular weight is 424 g/mol. The number of carbonyl (C=O) groups excluding carboxylic acids is 1. The van der Waals surface area contributed by atoms with E-state index in [2.05, 4.69) is 0 Å². The molecule has 0 aromatic heterocycles. The van der Waals surface area contributed by atoms with E-state index in [1.165, 1.54) is 12.1 Å². The summed E-state index contributed by atoms with van der Waals surface area (Å²) < 4.78 is 33.3. The first kappa shape index (κ1) is 21.6. The quantitative estimate of drug-likeness (QED) is 0.575. The topological polar surface area (TPSA) is 63.7 Å². The minimum absolute atomic E-state index is 0.0467. The van der Waals surface area contributed by atoms with Crippen molar-refractivity contribution in [1.82, 2.24) is 0 Å². The molecule has 156 valence electrons. The van der Waals surface area contributed by atoms with Crippen LogP contribution in [0.5, 0.6) is 5.75 Å². The molecule has 0 aliphatic rings. The lowest BCUT2D eigenvalue weighted by atomic mass is 10.1. The van der Waals surface area contributed by atoms with Crippen molar-refractivity contribution in [3.05, 3.63) is 89.0 Å². The fraction of sp³-hybridized carbons (Fsp3) is 0.208. The zero-order chi connectivity index (χ0) is 21.9. The Balaban J connectivity index is 1.99. The van der Waals surface area contributed by atoms with Gasteiger partial charge in [0, 0.05) is 0 Å². The number of hydrogen-bond donors (Lipinski definition) is 0. The molecule has 1 amide bonds. The van der Waals surface area contributed by atoms with Crippen LogP contribution in [0, 0.1) is 27.7 Å². The second-order valence-corrected chi connectivity index (χ2v) is 9.09. The second kappa shape index (κ2) is 8.71. The largest absolute Gasteiger partial charge is 0.484 e. The molecule has 0 atom stereocenters. The summed E-state index contributed by atoms with van der Waals surface area (Å²) in [5.74, 6) is -0.143. The van der Waals surface area contributed by atoms with E-state index in [0.717, 1.165) is 21.0 Å². The Labute approximate surface area is 178 Å². The zero-order valence-electron chi connectivity index (χ0n) is 17.5. The fourth-order valence-electron chi connectivity index (χ4n) is 3.04. The molecule has 0 unspecified atom stereocenters. The van der Waals surface area contributed by atoms with E-state index in [0.29, 0.717) is 17.0 Å². The molecule has 0 fully saturated rings. The highest BCUT2D eigenvalue weighted by molar-refractivity contribution is 7.93. The lowest BCUT2D eigenvalue weighted by Gasteiger charge is -2.24. The molecular weight excluding hydrogens is 398 g/mol. The highest BCUT2D eigenvalue weighted by Gasteiger charge is 2.32. The van der Waals surface area contributed by atoms with Gasteiger partial charge >= 0.3 is 0 Å². The third-order valence-corrected chi connectivity index (χ3v) is 6.68. The first-order valence-electron chi connectivity index (χ1n) is 9.60. The van der Waals surface area contributed by atoms with E-state index in [4.69, 9.17) is 4.74 Å². The van der Waals surface area contributed by atoms with Crippen molar-refractivity contribution < 1.29 is 17.9 Å². The molecule has 0 heterocycles. The molecule has 0 saturated heterocycles. The Morgan fingerprint density at radius 2 is 1.50 bits per heavy atom. The van der Waals surface area contributed by atoms with Crippen LogP contribution in [0.4, 0.5) is 5.69 Å². The second-order valence-electron chi connectivity index (χ2n) is 7.30. The van der Waals surface area contributed by atoms with Crippen LogP contribution in [0.2, 0.25) is 0 Å². The van der Waals surface area contributed by atoms with Gasteiger partial charge in [-0.15, -0.1) is 0 Å². The molecule has 3 aromatic carbocycles. The number of anilines is 1. The molecule has 0 saturated carbocycles. The Morgan fingerprint density at radius 1 is 0.833 bits per heavy atom. The van der Waals surface area contributed by atoms with Crippen LogP contribution in [0.1, 0.15) is 22.3 Å². The third-order valence-electron chi connectivity index (χ3n) is 4.93. The maximum Gasteiger partial charge on any atom is 0.278 e. The van der Waals surface area contributed by atoms with E-state index < -0.39 is 22.5 Å². The van der Waals surface area contributed by atoms with Gasteiger partial charge in [-0.3, -0.25) is 4.79 Å². The van der Waals surface area contributed by atoms with E-state index in [-0.39, 0.29) is 4.90 Å². The Bertz CT molecular complexity index is 1170. The van der Waals surface area contributed by atoms with Crippen LogP contribution < -0.4 is 9.04 Å². The number of ether oxygens (including phenoxy) is 1. The van der Waals surface area contributed by atoms with Gasteiger partial charge in [0.15, 0.2) is 6.61 Å². The molecule has 5 nitrogen and oxygen atoms in total. The Morgan fingerprint density at radius 3 is 2.17 bits per heavy atom. The van der Waals surface area contributed by atoms with Crippen molar-refractivity contribution >= 4 is 21.6 Å². The Hall–Kier alpha value is -3.12. The first-order chi connectivity index (χ1) is 14.2. The number of nitrogens with zero attached hydrogens (tertiary/aromatic N) is 1. The first-order valence-corrected chi connectivity index (χ1v) is 11.0. The van der Waals surface area contributed by atoms with Crippen LogP contribution in [-0.4, -0.2) is 20.9 Å². The van der Waals surface area contributed by atoms with Crippen molar-refractivity contribution in [2.75, 3.05) is 10.9 Å². The third kappa shape index (κ3) is 4.54. The lowest BCUT2D eigenvalue weighted by Crippen LogP contribution is -2.40. The maximum absolute atomic E-state index is 13.4. The predicted molar refractivity (Wildman–Crippen MR) is 118 cm³/mol. The van der Waals surface area contributed by atoms with Gasteiger partial charge < -0.3 is 4.74 Å². The van der Waals surface area contributed by atoms with Gasteiger partial charge in [-0.25, -0.2) is 8.42 Å². The molecular formula is C24H25NO4S. The highest BCUT2D eigenvalue weighted by Crippen LogP contribution is 2.28. The predicted octanol–water partition coefficient (Wildman–Crippen LogP) is 4.72. The summed E-state index contributed by atoms with van der Waals surface area (Å²) in [7, 11) is -4.11. The van der Waals surface area contributed by atoms with Crippen LogP contribution in [0.3, 0.4) is 0 Å². The van der Waals surface area contributed by atoms with E-state index in [1.807, 2.05) is 39.0 Å². The molecule has 0 N–H and O–H groups in total. The summed E-state index contributed by atoms with van der Waals surface area (Å²) in [4.78, 5) is 13.2. The molecule has 0 bridgehead atoms. The maximum atomic E-state index is 13.4. The summed E-state index contributed by atoms with van der Waals surface area (Å²) >= 11 is 0. The number of hydrogen-bond acceptors (Lipinski definition) is 4. The minimum atomic E-state index is -4.11. The molecule has 0 radical (unpaired) electrons. The number of amides is 1. The summed E-state index contributed by atoms with van der Waals surface area (Å²) in [6, 6.07) is 18.8. The summed E-state index contributed by atoms with van der Waals surface area (Å²) in [6.07, 6.45) is 0. The Kier molecular flexibility index (Phi) is 6.27. The smallest absolute Gasteiger partial charge is 0.278 e. The molecule has 6 heteroatoms. The summed E-state index contributed by atoms with van der Waals surface area (Å²) in [5, 5.41) is 0. The van der Waals surface area contributed by atoms with Crippen LogP contribution in [-0.2, 0) is 14.8 Å². The van der Waals surface area contributed by atoms with E-state index >= 15 is 0 Å². The molecule has 3 rings (SSSR count). The number of benzene rings is 3. The van der Waals surface area contributed by atoms with Crippen molar-refractivity contribution in [2.45, 2.75) is 32.6 Å². The monoisotopic (exact) mass is 423 g/mol. The van der Waals surface area contributed by atoms with Gasteiger partial charge in [-0.2, -0.15) is 4.31 Å². The van der Waals surface area contributed by atoms with Gasteiger partial charge in [-0.1, -0.05) is 36.4 Å². The normalized spacial score (nSPS) is 11.2. The highest BCUT2D eigenvalue weighted by atomic mass is 32.2. The van der Waals surface area contributed by atoms with Gasteiger partial charge in [0.2, 0.25) is 0 Å². The van der Waals surface area contributed by atoms with Crippen LogP contribution in [0.25, 0.3) is 0 Å². The van der Waals surface area contributed by atoms with Gasteiger partial charge in [0.25, 0.3) is 15.9 Å². The standard InChI is InChI=1S/C24H25NO4S/c1-17-10-11-19(3)23(14-17)25(30(27,28)22-8-6-5-7-9-22)24(26)16-29-21-13-12-18(2)20(4)15-21/h5-15H,16H2,1-4H3. The van der Waals surface area contributed by atoms with E-state index in [9.17, 15) is 13.2 Å². The van der Waals surface area contributed by atoms with Gasteiger partial charge in [-0.05, 0) is 80.3 Å². The van der Waals surface area contributed by atoms with Gasteiger partial charge in [0.05, 0.1) is 10.6 Å². The average Bonchev–Trinajstić information content (AvgIpc) is 2.72. The molecule has 0 aliphatic carbocycles. The number of aryl methyl sites for hydroxylation is 4. The van der Waals surface area contributed by atoms with Crippen molar-refractivity contribution in [2.24, 2.45) is 0 Å². The summed E-state index contributed by atoms with van der Waals surface area (Å²) in [6.45, 7) is 7.17. The van der Waals surface area contributed by atoms with Gasteiger partial charge in [0.1, 0.15) is 5.75 Å². The summed E-state index contributed by atoms with van der Waals surface area (Å²) in [5.41, 5.74) is 4.00. The number of sulfonamides is 1. The van der Waals surface area contributed by atoms with E-state index in [1.54, 1.807) is 43.3 Å². The minimum Gasteiger partial charge on any atom is -0.484 e. The van der Waals surface area contributed by atoms with Crippen LogP contribution >= 0.6 is 0 Å². The number of carbonyl (C=O) groups is 1. The zero-order valence-corrected chi connectivity index (χ0v) is 18.4. The fourth-order valence-corrected chi connectivity index (χ4v) is 4.53. The van der Waals surface area contributed by atoms with Crippen molar-refractivity contribution in [3.63, 3.8) is 0 Å². The lowest BCUT2D eigenvalue weighted by molar-refractivity contribution is -0.119. The molecule has 0 spiro atoms. The molecule has 3 aromatic rings. The number of rotatable bonds is 6. The van der Waals surface area contributed by atoms with Crippen molar-refractivity contribution in [3.8, 4) is 5.75 Å². The van der Waals surface area contributed by atoms with Crippen molar-refractivity contribution in [1.29, 1.82) is 0 Å². The SMILES string of the molecule is Cc1ccc(C)c(N(C(=O)COc2ccc(C)c(C)c2)S(=O)(=O)c2ccccc2)c1. The van der Waals surface area contributed by atoms with Crippen LogP contribution in [0.15, 0.2) is 71.6 Å². The molecule has 0 aliphatic heterocycles.